The molecule has 0 spiro atoms. The molecule has 0 N–H and O–H groups in total. The molecule has 0 saturated heterocycles. The molecule has 7 aromatic carbocycles. The maximum atomic E-state index is 6.28. The van der Waals surface area contributed by atoms with Crippen LogP contribution in [-0.4, -0.2) is 15.0 Å². The van der Waals surface area contributed by atoms with E-state index in [1.54, 1.807) is 0 Å². The highest BCUT2D eigenvalue weighted by molar-refractivity contribution is 7.26. The summed E-state index contributed by atoms with van der Waals surface area (Å²) in [6.45, 7) is 0. The Morgan fingerprint density at radius 2 is 1.04 bits per heavy atom. The molecule has 5 heteroatoms. The van der Waals surface area contributed by atoms with E-state index in [4.69, 9.17) is 19.4 Å². The second-order valence-electron chi connectivity index (χ2n) is 13.2. The van der Waals surface area contributed by atoms with Crippen LogP contribution in [0, 0.1) is 0 Å². The number of benzene rings is 7. The molecule has 11 aromatic rings. The summed E-state index contributed by atoms with van der Waals surface area (Å²) in [5.41, 5.74) is 9.26. The van der Waals surface area contributed by atoms with Crippen LogP contribution in [0.2, 0.25) is 0 Å². The van der Waals surface area contributed by atoms with Gasteiger partial charge in [-0.25, -0.2) is 15.0 Å². The van der Waals surface area contributed by atoms with Gasteiger partial charge in [-0.3, -0.25) is 0 Å². The number of hydrogen-bond acceptors (Lipinski definition) is 5. The highest BCUT2D eigenvalue weighted by Crippen LogP contribution is 2.44. The zero-order valence-electron chi connectivity index (χ0n) is 27.7. The van der Waals surface area contributed by atoms with Crippen LogP contribution in [-0.2, 0) is 0 Å². The van der Waals surface area contributed by atoms with E-state index < -0.39 is 0 Å². The van der Waals surface area contributed by atoms with Crippen LogP contribution in [0.1, 0.15) is 0 Å². The molecule has 0 saturated carbocycles. The maximum Gasteiger partial charge on any atom is 0.160 e. The lowest BCUT2D eigenvalue weighted by Crippen LogP contribution is -1.97. The fourth-order valence-corrected chi connectivity index (χ4v) is 8.75. The van der Waals surface area contributed by atoms with E-state index in [0.717, 1.165) is 77.6 Å². The van der Waals surface area contributed by atoms with E-state index in [1.165, 1.54) is 25.6 Å². The van der Waals surface area contributed by atoms with Crippen LogP contribution in [0.15, 0.2) is 168 Å². The normalized spacial score (nSPS) is 11.8. The molecule has 0 aliphatic carbocycles. The van der Waals surface area contributed by atoms with Gasteiger partial charge in [-0.05, 0) is 42.5 Å². The number of aromatic nitrogens is 3. The Bertz CT molecular complexity index is 3180. The van der Waals surface area contributed by atoms with Crippen molar-refractivity contribution >= 4 is 75.1 Å². The smallest absolute Gasteiger partial charge is 0.160 e. The molecular weight excluding hydrogens is 655 g/mol. The van der Waals surface area contributed by atoms with Crippen LogP contribution < -0.4 is 0 Å². The molecule has 0 aliphatic rings. The summed E-state index contributed by atoms with van der Waals surface area (Å²) in [5, 5.41) is 8.23. The third-order valence-corrected chi connectivity index (χ3v) is 11.2. The highest BCUT2D eigenvalue weighted by Gasteiger charge is 2.18. The molecule has 0 aliphatic heterocycles. The number of pyridine rings is 1. The van der Waals surface area contributed by atoms with Gasteiger partial charge in [0, 0.05) is 69.4 Å². The third kappa shape index (κ3) is 4.57. The number of hydrogen-bond donors (Lipinski definition) is 0. The predicted molar refractivity (Wildman–Crippen MR) is 217 cm³/mol. The number of para-hydroxylation sites is 1. The molecular formula is C47H27N3OS. The van der Waals surface area contributed by atoms with Gasteiger partial charge in [-0.2, -0.15) is 0 Å². The van der Waals surface area contributed by atoms with Gasteiger partial charge in [-0.15, -0.1) is 11.3 Å². The van der Waals surface area contributed by atoms with E-state index in [0.29, 0.717) is 5.82 Å². The van der Waals surface area contributed by atoms with Crippen molar-refractivity contribution in [1.82, 2.24) is 15.0 Å². The van der Waals surface area contributed by atoms with E-state index in [1.807, 2.05) is 47.7 Å². The van der Waals surface area contributed by atoms with Gasteiger partial charge < -0.3 is 4.42 Å². The second-order valence-corrected chi connectivity index (χ2v) is 14.2. The lowest BCUT2D eigenvalue weighted by Gasteiger charge is -2.13. The lowest BCUT2D eigenvalue weighted by molar-refractivity contribution is 0.669. The Labute approximate surface area is 302 Å². The summed E-state index contributed by atoms with van der Waals surface area (Å²) in [6, 6.07) is 57.1. The number of rotatable bonds is 4. The minimum Gasteiger partial charge on any atom is -0.456 e. The third-order valence-electron chi connectivity index (χ3n) is 10.1. The molecule has 4 aromatic heterocycles. The van der Waals surface area contributed by atoms with Crippen LogP contribution in [0.25, 0.3) is 109 Å². The fourth-order valence-electron chi connectivity index (χ4n) is 7.63. The Hall–Kier alpha value is -6.69. The molecule has 4 heterocycles. The van der Waals surface area contributed by atoms with Gasteiger partial charge >= 0.3 is 0 Å². The average molecular weight is 682 g/mol. The van der Waals surface area contributed by atoms with Crippen molar-refractivity contribution in [2.75, 3.05) is 0 Å². The quantitative estimate of drug-likeness (QED) is 0.174. The first-order chi connectivity index (χ1) is 25.7. The van der Waals surface area contributed by atoms with Gasteiger partial charge in [0.25, 0.3) is 0 Å². The Kier molecular flexibility index (Phi) is 6.39. The zero-order chi connectivity index (χ0) is 34.2. The minimum atomic E-state index is 0.644. The number of nitrogens with zero attached hydrogens (tertiary/aromatic N) is 3. The molecule has 11 rings (SSSR count). The van der Waals surface area contributed by atoms with E-state index in [9.17, 15) is 0 Å². The van der Waals surface area contributed by atoms with E-state index in [2.05, 4.69) is 127 Å². The molecule has 52 heavy (non-hydrogen) atoms. The van der Waals surface area contributed by atoms with Gasteiger partial charge in [0.2, 0.25) is 0 Å². The van der Waals surface area contributed by atoms with Crippen LogP contribution in [0.4, 0.5) is 0 Å². The molecule has 0 unspecified atom stereocenters. The molecule has 0 atom stereocenters. The summed E-state index contributed by atoms with van der Waals surface area (Å²) in [6.07, 6.45) is 0. The number of furan rings is 1. The molecule has 242 valence electrons. The second kappa shape index (κ2) is 11.4. The zero-order valence-corrected chi connectivity index (χ0v) is 28.6. The van der Waals surface area contributed by atoms with E-state index in [-0.39, 0.29) is 0 Å². The summed E-state index contributed by atoms with van der Waals surface area (Å²) in [5.74, 6) is 0.644. The Morgan fingerprint density at radius 1 is 0.385 bits per heavy atom. The van der Waals surface area contributed by atoms with Crippen LogP contribution in [0.3, 0.4) is 0 Å². The first kappa shape index (κ1) is 29.1. The first-order valence-corrected chi connectivity index (χ1v) is 18.2. The largest absolute Gasteiger partial charge is 0.456 e. The maximum absolute atomic E-state index is 6.28. The predicted octanol–water partition coefficient (Wildman–Crippen LogP) is 13.1. The monoisotopic (exact) mass is 681 g/mol. The summed E-state index contributed by atoms with van der Waals surface area (Å²) in [4.78, 5) is 15.8. The molecule has 4 nitrogen and oxygen atoms in total. The average Bonchev–Trinajstić information content (AvgIpc) is 3.79. The van der Waals surface area contributed by atoms with Crippen molar-refractivity contribution in [3.63, 3.8) is 0 Å². The minimum absolute atomic E-state index is 0.644. The van der Waals surface area contributed by atoms with E-state index >= 15 is 0 Å². The van der Waals surface area contributed by atoms with Crippen LogP contribution in [0.5, 0.6) is 0 Å². The molecule has 0 bridgehead atoms. The van der Waals surface area contributed by atoms with Crippen molar-refractivity contribution in [3.05, 3.63) is 164 Å². The summed E-state index contributed by atoms with van der Waals surface area (Å²) < 4.78 is 8.83. The Morgan fingerprint density at radius 3 is 1.88 bits per heavy atom. The highest BCUT2D eigenvalue weighted by atomic mass is 32.1. The molecule has 0 radical (unpaired) electrons. The topological polar surface area (TPSA) is 51.8 Å². The van der Waals surface area contributed by atoms with Crippen molar-refractivity contribution < 1.29 is 4.42 Å². The van der Waals surface area contributed by atoms with Gasteiger partial charge in [-0.1, -0.05) is 121 Å². The fraction of sp³-hybridized carbons (Fsp3) is 0. The van der Waals surface area contributed by atoms with Crippen molar-refractivity contribution in [2.45, 2.75) is 0 Å². The van der Waals surface area contributed by atoms with Crippen molar-refractivity contribution in [2.24, 2.45) is 0 Å². The Balaban J connectivity index is 1.16. The van der Waals surface area contributed by atoms with Gasteiger partial charge in [0.1, 0.15) is 11.2 Å². The standard InChI is InChI=1S/C47H27N3OS/c1-3-11-28(12-4-1)37-27-38(30-19-21-33-32-15-7-9-17-40(32)51-41(33)26-30)50-47(49-37)31-20-22-34-39(25-31)48-46(29-13-5-2-6-14-29)36-23-24-43-45(44(34)36)35-16-8-10-18-42(35)52-43/h1-27H. The van der Waals surface area contributed by atoms with Crippen molar-refractivity contribution in [3.8, 4) is 45.2 Å². The number of thiophene rings is 1. The summed E-state index contributed by atoms with van der Waals surface area (Å²) >= 11 is 1.84. The van der Waals surface area contributed by atoms with Crippen LogP contribution >= 0.6 is 11.3 Å². The van der Waals surface area contributed by atoms with Gasteiger partial charge in [0.05, 0.1) is 22.6 Å². The number of fused-ring (bicyclic) bond motifs is 10. The molecule has 0 fully saturated rings. The van der Waals surface area contributed by atoms with Gasteiger partial charge in [0.15, 0.2) is 5.82 Å². The summed E-state index contributed by atoms with van der Waals surface area (Å²) in [7, 11) is 0. The SMILES string of the molecule is c1ccc(-c2cc(-c3ccc4c(c3)oc3ccccc34)nc(-c3ccc4c(c3)nc(-c3ccccc3)c3ccc5sc6ccccc6c5c34)n2)cc1. The molecule has 0 amide bonds. The first-order valence-electron chi connectivity index (χ1n) is 17.3. The lowest BCUT2D eigenvalue weighted by atomic mass is 9.95. The van der Waals surface area contributed by atoms with Crippen molar-refractivity contribution in [1.29, 1.82) is 0 Å².